The Morgan fingerprint density at radius 1 is 1.07 bits per heavy atom. The molecule has 0 aliphatic carbocycles. The van der Waals surface area contributed by atoms with E-state index in [9.17, 15) is 0 Å². The molecule has 2 aliphatic rings. The summed E-state index contributed by atoms with van der Waals surface area (Å²) in [4.78, 5) is 0. The van der Waals surface area contributed by atoms with Gasteiger partial charge in [-0.25, -0.2) is 0 Å². The van der Waals surface area contributed by atoms with Crippen LogP contribution in [0, 0.1) is 0 Å². The van der Waals surface area contributed by atoms with E-state index in [4.69, 9.17) is 21.1 Å². The first-order valence-corrected chi connectivity index (χ1v) is 5.69. The zero-order valence-electron chi connectivity index (χ0n) is 8.41. The van der Waals surface area contributed by atoms with Crippen LogP contribution in [0.2, 0.25) is 5.02 Å². The lowest BCUT2D eigenvalue weighted by Gasteiger charge is -2.07. The SMILES string of the molecule is Clc1ccc(CC2CO2)c(CC2CO2)c1. The van der Waals surface area contributed by atoms with Crippen LogP contribution < -0.4 is 0 Å². The molecule has 2 aliphatic heterocycles. The molecular formula is C12H13ClO2. The Morgan fingerprint density at radius 3 is 2.27 bits per heavy atom. The summed E-state index contributed by atoms with van der Waals surface area (Å²) in [6, 6.07) is 6.12. The third-order valence-electron chi connectivity index (χ3n) is 2.87. The highest BCUT2D eigenvalue weighted by atomic mass is 35.5. The van der Waals surface area contributed by atoms with Crippen LogP contribution in [0.5, 0.6) is 0 Å². The molecule has 0 spiro atoms. The molecule has 2 heterocycles. The quantitative estimate of drug-likeness (QED) is 0.733. The highest BCUT2D eigenvalue weighted by molar-refractivity contribution is 6.30. The van der Waals surface area contributed by atoms with E-state index in [0.717, 1.165) is 31.1 Å². The van der Waals surface area contributed by atoms with Gasteiger partial charge in [0.1, 0.15) is 0 Å². The van der Waals surface area contributed by atoms with E-state index in [1.165, 1.54) is 11.1 Å². The molecule has 2 nitrogen and oxygen atoms in total. The van der Waals surface area contributed by atoms with Crippen molar-refractivity contribution in [2.75, 3.05) is 13.2 Å². The van der Waals surface area contributed by atoms with Crippen molar-refractivity contribution < 1.29 is 9.47 Å². The second-order valence-corrected chi connectivity index (χ2v) is 4.67. The molecule has 0 N–H and O–H groups in total. The third-order valence-corrected chi connectivity index (χ3v) is 3.10. The lowest BCUT2D eigenvalue weighted by Crippen LogP contribution is -2.02. The normalized spacial score (nSPS) is 27.8. The Hall–Kier alpha value is -0.570. The van der Waals surface area contributed by atoms with Crippen LogP contribution >= 0.6 is 11.6 Å². The molecule has 2 fully saturated rings. The van der Waals surface area contributed by atoms with Crippen molar-refractivity contribution in [2.45, 2.75) is 25.0 Å². The predicted octanol–water partition coefficient (Wildman–Crippen LogP) is 2.22. The number of hydrogen-bond acceptors (Lipinski definition) is 2. The van der Waals surface area contributed by atoms with Gasteiger partial charge in [-0.05, 0) is 23.3 Å². The molecule has 2 atom stereocenters. The topological polar surface area (TPSA) is 25.1 Å². The summed E-state index contributed by atoms with van der Waals surface area (Å²) in [5, 5.41) is 0.811. The van der Waals surface area contributed by atoms with E-state index in [2.05, 4.69) is 12.1 Å². The van der Waals surface area contributed by atoms with Gasteiger partial charge >= 0.3 is 0 Å². The molecule has 2 saturated heterocycles. The van der Waals surface area contributed by atoms with E-state index in [1.807, 2.05) is 6.07 Å². The van der Waals surface area contributed by atoms with Crippen LogP contribution in [0.4, 0.5) is 0 Å². The fourth-order valence-corrected chi connectivity index (χ4v) is 2.04. The average molecular weight is 225 g/mol. The van der Waals surface area contributed by atoms with Crippen molar-refractivity contribution in [3.05, 3.63) is 34.3 Å². The van der Waals surface area contributed by atoms with Crippen LogP contribution in [0.25, 0.3) is 0 Å². The van der Waals surface area contributed by atoms with Gasteiger partial charge in [-0.2, -0.15) is 0 Å². The van der Waals surface area contributed by atoms with Gasteiger partial charge in [-0.3, -0.25) is 0 Å². The van der Waals surface area contributed by atoms with Crippen LogP contribution in [-0.4, -0.2) is 25.4 Å². The van der Waals surface area contributed by atoms with Crippen molar-refractivity contribution in [2.24, 2.45) is 0 Å². The Bertz CT molecular complexity index is 370. The average Bonchev–Trinajstić information content (AvgIpc) is 3.04. The van der Waals surface area contributed by atoms with Gasteiger partial charge in [-0.1, -0.05) is 17.7 Å². The molecule has 0 aromatic heterocycles. The first-order chi connectivity index (χ1) is 7.31. The molecule has 0 saturated carbocycles. The van der Waals surface area contributed by atoms with Crippen molar-refractivity contribution in [3.63, 3.8) is 0 Å². The highest BCUT2D eigenvalue weighted by Gasteiger charge is 2.27. The molecule has 15 heavy (non-hydrogen) atoms. The zero-order valence-corrected chi connectivity index (χ0v) is 9.17. The van der Waals surface area contributed by atoms with E-state index in [0.29, 0.717) is 12.2 Å². The summed E-state index contributed by atoms with van der Waals surface area (Å²) in [6.45, 7) is 1.80. The van der Waals surface area contributed by atoms with E-state index >= 15 is 0 Å². The minimum atomic E-state index is 0.419. The van der Waals surface area contributed by atoms with Crippen molar-refractivity contribution in [1.82, 2.24) is 0 Å². The van der Waals surface area contributed by atoms with Crippen molar-refractivity contribution >= 4 is 11.6 Å². The summed E-state index contributed by atoms with van der Waals surface area (Å²) in [5.41, 5.74) is 2.68. The van der Waals surface area contributed by atoms with Gasteiger partial charge in [0, 0.05) is 17.9 Å². The second kappa shape index (κ2) is 3.78. The molecule has 3 rings (SSSR count). The Kier molecular flexibility index (Phi) is 2.43. The number of epoxide rings is 2. The molecule has 2 unspecified atom stereocenters. The molecule has 1 aromatic carbocycles. The zero-order chi connectivity index (χ0) is 10.3. The van der Waals surface area contributed by atoms with E-state index < -0.39 is 0 Å². The minimum absolute atomic E-state index is 0.419. The first kappa shape index (κ1) is 9.64. The number of ether oxygens (including phenoxy) is 2. The molecule has 0 bridgehead atoms. The Morgan fingerprint density at radius 2 is 1.67 bits per heavy atom. The monoisotopic (exact) mass is 224 g/mol. The standard InChI is InChI=1S/C12H13ClO2/c13-10-2-1-8(4-11-6-14-11)9(3-10)5-12-7-15-12/h1-3,11-12H,4-7H2. The summed E-state index contributed by atoms with van der Waals surface area (Å²) in [5.74, 6) is 0. The summed E-state index contributed by atoms with van der Waals surface area (Å²) in [6.07, 6.45) is 2.86. The molecule has 0 amide bonds. The number of hydrogen-bond donors (Lipinski definition) is 0. The predicted molar refractivity (Wildman–Crippen MR) is 58.3 cm³/mol. The summed E-state index contributed by atoms with van der Waals surface area (Å²) < 4.78 is 10.5. The third kappa shape index (κ3) is 2.51. The molecule has 3 heteroatoms. The smallest absolute Gasteiger partial charge is 0.0850 e. The maximum atomic E-state index is 6.00. The van der Waals surface area contributed by atoms with Gasteiger partial charge in [0.05, 0.1) is 25.4 Å². The van der Waals surface area contributed by atoms with Gasteiger partial charge in [0.25, 0.3) is 0 Å². The largest absolute Gasteiger partial charge is 0.373 e. The summed E-state index contributed by atoms with van der Waals surface area (Å²) in [7, 11) is 0. The van der Waals surface area contributed by atoms with Crippen LogP contribution in [0.3, 0.4) is 0 Å². The van der Waals surface area contributed by atoms with Crippen LogP contribution in [0.15, 0.2) is 18.2 Å². The van der Waals surface area contributed by atoms with Crippen molar-refractivity contribution in [3.8, 4) is 0 Å². The number of benzene rings is 1. The fraction of sp³-hybridized carbons (Fsp3) is 0.500. The Labute approximate surface area is 94.1 Å². The summed E-state index contributed by atoms with van der Waals surface area (Å²) >= 11 is 6.00. The maximum absolute atomic E-state index is 6.00. The van der Waals surface area contributed by atoms with Crippen molar-refractivity contribution in [1.29, 1.82) is 0 Å². The number of rotatable bonds is 4. The second-order valence-electron chi connectivity index (χ2n) is 4.23. The molecule has 1 aromatic rings. The highest BCUT2D eigenvalue weighted by Crippen LogP contribution is 2.25. The first-order valence-electron chi connectivity index (χ1n) is 5.32. The lowest BCUT2D eigenvalue weighted by molar-refractivity contribution is 0.401. The Balaban J connectivity index is 1.81. The molecule has 80 valence electrons. The van der Waals surface area contributed by atoms with Gasteiger partial charge in [0.15, 0.2) is 0 Å². The lowest BCUT2D eigenvalue weighted by atomic mass is 9.99. The minimum Gasteiger partial charge on any atom is -0.373 e. The fourth-order valence-electron chi connectivity index (χ4n) is 1.85. The van der Waals surface area contributed by atoms with Crippen LogP contribution in [-0.2, 0) is 22.3 Å². The van der Waals surface area contributed by atoms with Crippen LogP contribution in [0.1, 0.15) is 11.1 Å². The van der Waals surface area contributed by atoms with Gasteiger partial charge in [-0.15, -0.1) is 0 Å². The van der Waals surface area contributed by atoms with Gasteiger partial charge < -0.3 is 9.47 Å². The molecular weight excluding hydrogens is 212 g/mol. The van der Waals surface area contributed by atoms with E-state index in [1.54, 1.807) is 0 Å². The van der Waals surface area contributed by atoms with E-state index in [-0.39, 0.29) is 0 Å². The molecule has 0 radical (unpaired) electrons. The number of halogens is 1. The van der Waals surface area contributed by atoms with Gasteiger partial charge in [0.2, 0.25) is 0 Å². The maximum Gasteiger partial charge on any atom is 0.0850 e.